The molecule has 0 saturated carbocycles. The predicted molar refractivity (Wildman–Crippen MR) is 197 cm³/mol. The molecule has 3 heteroatoms. The van der Waals surface area contributed by atoms with Crippen LogP contribution in [0.15, 0.2) is 190 Å². The largest absolute Gasteiger partial charge is 0.546 e. The van der Waals surface area contributed by atoms with Crippen LogP contribution in [-0.2, 0) is 0 Å². The van der Waals surface area contributed by atoms with Gasteiger partial charge in [0, 0.05) is 34.9 Å². The monoisotopic (exact) mass is 630 g/mol. The van der Waals surface area contributed by atoms with E-state index in [2.05, 4.69) is 115 Å². The fourth-order valence-corrected chi connectivity index (χ4v) is 6.23. The Morgan fingerprint density at radius 3 is 1.87 bits per heavy atom. The molecule has 5 aromatic rings. The van der Waals surface area contributed by atoms with Crippen LogP contribution in [0.5, 0.6) is 0 Å². The van der Waals surface area contributed by atoms with Crippen LogP contribution in [0.4, 0.5) is 0 Å². The van der Waals surface area contributed by atoms with E-state index in [1.165, 1.54) is 0 Å². The van der Waals surface area contributed by atoms with Gasteiger partial charge in [0.15, 0.2) is 0 Å². The van der Waals surface area contributed by atoms with Gasteiger partial charge in [0.1, 0.15) is 0 Å². The van der Waals surface area contributed by atoms with Gasteiger partial charge in [-0.15, -0.1) is 0 Å². The van der Waals surface area contributed by atoms with Gasteiger partial charge in [-0.3, -0.25) is 0 Å². The molecule has 0 radical (unpaired) electrons. The summed E-state index contributed by atoms with van der Waals surface area (Å²) in [6, 6.07) is 45.6. The molecule has 47 heavy (non-hydrogen) atoms. The van der Waals surface area contributed by atoms with E-state index in [-0.39, 0.29) is 0 Å². The molecule has 2 heterocycles. The summed E-state index contributed by atoms with van der Waals surface area (Å²) in [4.78, 5) is 0. The average molecular weight is 631 g/mol. The molecule has 0 saturated heterocycles. The molecule has 7 rings (SSSR count). The zero-order valence-electron chi connectivity index (χ0n) is 26.0. The maximum absolute atomic E-state index is 7.08. The first kappa shape index (κ1) is 30.2. The van der Waals surface area contributed by atoms with Crippen LogP contribution < -0.4 is 0 Å². The summed E-state index contributed by atoms with van der Waals surface area (Å²) in [6.07, 6.45) is 15.5. The van der Waals surface area contributed by atoms with Crippen molar-refractivity contribution in [2.24, 2.45) is 0 Å². The van der Waals surface area contributed by atoms with Crippen molar-refractivity contribution in [1.29, 1.82) is 0 Å². The molecule has 1 N–H and O–H groups in total. The van der Waals surface area contributed by atoms with Gasteiger partial charge in [-0.2, -0.15) is 0 Å². The maximum atomic E-state index is 7.08. The highest BCUT2D eigenvalue weighted by Crippen LogP contribution is 2.36. The third kappa shape index (κ3) is 7.35. The molecule has 228 valence electrons. The first-order valence-corrected chi connectivity index (χ1v) is 16.4. The van der Waals surface area contributed by atoms with Gasteiger partial charge in [0.05, 0.1) is 23.3 Å². The second-order valence-corrected chi connectivity index (χ2v) is 12.0. The van der Waals surface area contributed by atoms with E-state index in [1.54, 1.807) is 0 Å². The standard InChI is InChI=1S/C44H34ClO2/c45-44-36(24-26-40-28-38(32-14-5-1-6-15-32)30-42(46-40)34-18-9-3-10-19-34)22-13-23-37(44)25-27-41-29-39(33-16-7-2-8-17-33)31-43(47-41)35-20-11-4-12-21-35/h1-12,14-21,24-31H,13,22-23H2/q+1/p+1. The highest BCUT2D eigenvalue weighted by Gasteiger charge is 2.21. The van der Waals surface area contributed by atoms with Crippen molar-refractivity contribution in [3.05, 3.63) is 203 Å². The normalized spacial score (nSPS) is 16.7. The minimum absolute atomic E-state index is 0.778. The molecular formula is C44H35ClO2+2. The summed E-state index contributed by atoms with van der Waals surface area (Å²) < 4.78 is 11.4. The van der Waals surface area contributed by atoms with E-state index in [4.69, 9.17) is 20.8 Å². The Morgan fingerprint density at radius 2 is 1.19 bits per heavy atom. The lowest BCUT2D eigenvalue weighted by molar-refractivity contribution is 0.192. The fourth-order valence-electron chi connectivity index (χ4n) is 5.91. The van der Waals surface area contributed by atoms with Crippen molar-refractivity contribution in [2.45, 2.75) is 19.3 Å². The van der Waals surface area contributed by atoms with Gasteiger partial charge in [-0.05, 0) is 83.5 Å². The van der Waals surface area contributed by atoms with E-state index >= 15 is 0 Å². The first-order chi connectivity index (χ1) is 23.2. The minimum Gasteiger partial charge on any atom is -0.546 e. The summed E-state index contributed by atoms with van der Waals surface area (Å²) >= 11 is 7.08. The molecule has 0 spiro atoms. The SMILES string of the molecule is ClC1=C(/C=C\c2cc(-c3ccccc3)cc(-c3ccccc3)[o+]2)CCC/C1=C\C=C1/C=C(c2ccccc2)C=C(c2ccccc2)[OH+]1. The topological polar surface area (TPSA) is 24.1 Å². The summed E-state index contributed by atoms with van der Waals surface area (Å²) in [5.41, 5.74) is 8.90. The van der Waals surface area contributed by atoms with Crippen molar-refractivity contribution in [3.63, 3.8) is 0 Å². The number of halogens is 1. The highest BCUT2D eigenvalue weighted by atomic mass is 35.5. The first-order valence-electron chi connectivity index (χ1n) is 16.0. The predicted octanol–water partition coefficient (Wildman–Crippen LogP) is 12.6. The molecule has 1 aromatic heterocycles. The Balaban J connectivity index is 1.19. The van der Waals surface area contributed by atoms with Gasteiger partial charge in [-0.25, -0.2) is 4.42 Å². The average Bonchev–Trinajstić information content (AvgIpc) is 3.15. The molecular weight excluding hydrogens is 596 g/mol. The third-order valence-electron chi connectivity index (χ3n) is 8.36. The number of hydrogen-bond acceptors (Lipinski definition) is 0. The van der Waals surface area contributed by atoms with Crippen LogP contribution in [0.1, 0.15) is 36.1 Å². The Labute approximate surface area is 281 Å². The number of allylic oxidation sites excluding steroid dienone is 9. The maximum Gasteiger partial charge on any atom is 0.361 e. The Hall–Kier alpha value is -5.44. The summed E-state index contributed by atoms with van der Waals surface area (Å²) in [5, 5.41) is 0.800. The quantitative estimate of drug-likeness (QED) is 0.164. The number of rotatable bonds is 7. The molecule has 2 aliphatic rings. The minimum atomic E-state index is 0.778. The van der Waals surface area contributed by atoms with Gasteiger partial charge in [0.2, 0.25) is 0 Å². The fraction of sp³-hybridized carbons (Fsp3) is 0.0682. The van der Waals surface area contributed by atoms with Crippen molar-refractivity contribution in [3.8, 4) is 22.5 Å². The second-order valence-electron chi connectivity index (χ2n) is 11.6. The lowest BCUT2D eigenvalue weighted by atomic mass is 9.93. The number of benzene rings is 4. The van der Waals surface area contributed by atoms with Crippen molar-refractivity contribution >= 4 is 29.0 Å². The van der Waals surface area contributed by atoms with Gasteiger partial charge >= 0.3 is 11.5 Å². The Bertz CT molecular complexity index is 1990. The van der Waals surface area contributed by atoms with Crippen LogP contribution in [0.3, 0.4) is 0 Å². The van der Waals surface area contributed by atoms with Gasteiger partial charge < -0.3 is 4.74 Å². The van der Waals surface area contributed by atoms with E-state index < -0.39 is 0 Å². The van der Waals surface area contributed by atoms with Crippen molar-refractivity contribution in [2.75, 3.05) is 0 Å². The zero-order valence-corrected chi connectivity index (χ0v) is 26.8. The van der Waals surface area contributed by atoms with Gasteiger partial charge in [0.25, 0.3) is 11.5 Å². The van der Waals surface area contributed by atoms with Crippen molar-refractivity contribution < 1.29 is 9.15 Å². The Morgan fingerprint density at radius 1 is 0.574 bits per heavy atom. The van der Waals surface area contributed by atoms with E-state index in [1.807, 2.05) is 54.6 Å². The van der Waals surface area contributed by atoms with Crippen LogP contribution in [-0.4, -0.2) is 4.74 Å². The molecule has 4 aromatic carbocycles. The number of ether oxygens (including phenoxy) is 1. The third-order valence-corrected chi connectivity index (χ3v) is 8.85. The zero-order chi connectivity index (χ0) is 31.8. The molecule has 0 bridgehead atoms. The molecule has 0 unspecified atom stereocenters. The number of hydrogen-bond donors (Lipinski definition) is 0. The van der Waals surface area contributed by atoms with E-state index in [0.29, 0.717) is 0 Å². The lowest BCUT2D eigenvalue weighted by Gasteiger charge is -2.17. The summed E-state index contributed by atoms with van der Waals surface area (Å²) in [6.45, 7) is 0. The van der Waals surface area contributed by atoms with Crippen LogP contribution in [0.2, 0.25) is 0 Å². The van der Waals surface area contributed by atoms with Crippen LogP contribution >= 0.6 is 11.6 Å². The summed E-state index contributed by atoms with van der Waals surface area (Å²) in [7, 11) is 0. The second kappa shape index (κ2) is 14.3. The molecule has 1 aliphatic heterocycles. The molecule has 2 nitrogen and oxygen atoms in total. The smallest absolute Gasteiger partial charge is 0.361 e. The number of aliphatic hydroxyl groups is 2. The molecule has 1 aliphatic carbocycles. The molecule has 0 fully saturated rings. The Kier molecular flexibility index (Phi) is 9.21. The van der Waals surface area contributed by atoms with E-state index in [9.17, 15) is 0 Å². The van der Waals surface area contributed by atoms with Crippen LogP contribution in [0, 0.1) is 0 Å². The highest BCUT2D eigenvalue weighted by molar-refractivity contribution is 6.32. The van der Waals surface area contributed by atoms with Crippen LogP contribution in [0.25, 0.3) is 39.9 Å². The molecule has 0 amide bonds. The lowest BCUT2D eigenvalue weighted by Crippen LogP contribution is -2.03. The molecule has 0 atom stereocenters. The van der Waals surface area contributed by atoms with Gasteiger partial charge in [-0.1, -0.05) is 109 Å². The van der Waals surface area contributed by atoms with Crippen molar-refractivity contribution in [1.82, 2.24) is 0 Å². The summed E-state index contributed by atoms with van der Waals surface area (Å²) in [5.74, 6) is 3.45. The van der Waals surface area contributed by atoms with E-state index in [0.717, 1.165) is 91.9 Å².